The molecule has 0 fully saturated rings. The Bertz CT molecular complexity index is 1220. The average Bonchev–Trinajstić information content (AvgIpc) is 3.23. The molecule has 0 unspecified atom stereocenters. The summed E-state index contributed by atoms with van der Waals surface area (Å²) < 4.78 is 34.9. The van der Waals surface area contributed by atoms with Crippen LogP contribution in [0.2, 0.25) is 0 Å². The van der Waals surface area contributed by atoms with Crippen molar-refractivity contribution in [1.29, 1.82) is 0 Å². The van der Waals surface area contributed by atoms with E-state index >= 15 is 0 Å². The molecule has 0 amide bonds. The van der Waals surface area contributed by atoms with E-state index in [1.54, 1.807) is 23.0 Å². The summed E-state index contributed by atoms with van der Waals surface area (Å²) in [5.41, 5.74) is 2.76. The Kier molecular flexibility index (Phi) is 4.44. The molecule has 0 saturated carbocycles. The van der Waals surface area contributed by atoms with Crippen LogP contribution in [0.25, 0.3) is 11.0 Å². The average molecular weight is 448 g/mol. The molecule has 27 heavy (non-hydrogen) atoms. The Labute approximate surface area is 163 Å². The quantitative estimate of drug-likeness (QED) is 0.503. The largest absolute Gasteiger partial charge is 0.265 e. The third-order valence-electron chi connectivity index (χ3n) is 3.95. The number of hydrogen-bond acceptors (Lipinski definition) is 6. The van der Waals surface area contributed by atoms with Crippen LogP contribution < -0.4 is 4.72 Å². The van der Waals surface area contributed by atoms with Gasteiger partial charge in [0.05, 0.1) is 11.0 Å². The molecule has 2 aromatic carbocycles. The van der Waals surface area contributed by atoms with Crippen molar-refractivity contribution in [3.63, 3.8) is 0 Å². The molecule has 4 aromatic rings. The van der Waals surface area contributed by atoms with Crippen LogP contribution >= 0.6 is 15.9 Å². The van der Waals surface area contributed by atoms with Gasteiger partial charge in [-0.1, -0.05) is 35.9 Å². The van der Waals surface area contributed by atoms with E-state index in [1.165, 1.54) is 11.6 Å². The number of anilines is 1. The van der Waals surface area contributed by atoms with Gasteiger partial charge in [0.15, 0.2) is 11.3 Å². The highest BCUT2D eigenvalue weighted by molar-refractivity contribution is 9.10. The van der Waals surface area contributed by atoms with Crippen LogP contribution in [-0.2, 0) is 16.6 Å². The van der Waals surface area contributed by atoms with E-state index in [-0.39, 0.29) is 16.2 Å². The highest BCUT2D eigenvalue weighted by Gasteiger charge is 2.22. The van der Waals surface area contributed by atoms with Gasteiger partial charge in [-0.25, -0.2) is 13.0 Å². The fourth-order valence-electron chi connectivity index (χ4n) is 2.61. The molecule has 0 bridgehead atoms. The Morgan fingerprint density at radius 3 is 2.70 bits per heavy atom. The lowest BCUT2D eigenvalue weighted by atomic mass is 10.1. The van der Waals surface area contributed by atoms with Crippen molar-refractivity contribution in [2.75, 3.05) is 4.72 Å². The molecular weight excluding hydrogens is 434 g/mol. The van der Waals surface area contributed by atoms with Crippen LogP contribution in [-0.4, -0.2) is 28.5 Å². The van der Waals surface area contributed by atoms with Gasteiger partial charge in [0.1, 0.15) is 10.4 Å². The summed E-state index contributed by atoms with van der Waals surface area (Å²) in [5, 5.41) is 11.7. The third kappa shape index (κ3) is 3.58. The van der Waals surface area contributed by atoms with Gasteiger partial charge in [0.2, 0.25) is 0 Å². The molecule has 0 atom stereocenters. The van der Waals surface area contributed by atoms with Gasteiger partial charge in [-0.3, -0.25) is 9.40 Å². The van der Waals surface area contributed by atoms with E-state index in [0.29, 0.717) is 16.5 Å². The molecule has 0 spiro atoms. The Morgan fingerprint density at radius 2 is 1.93 bits per heavy atom. The lowest BCUT2D eigenvalue weighted by Crippen LogP contribution is -2.14. The fourth-order valence-corrected chi connectivity index (χ4v) is 4.32. The first kappa shape index (κ1) is 17.7. The summed E-state index contributed by atoms with van der Waals surface area (Å²) in [6, 6.07) is 12.7. The van der Waals surface area contributed by atoms with Crippen molar-refractivity contribution in [3.05, 3.63) is 64.3 Å². The van der Waals surface area contributed by atoms with Crippen molar-refractivity contribution in [2.24, 2.45) is 0 Å². The van der Waals surface area contributed by atoms with Crippen molar-refractivity contribution < 1.29 is 13.0 Å². The first-order chi connectivity index (χ1) is 12.9. The van der Waals surface area contributed by atoms with Gasteiger partial charge in [0.25, 0.3) is 10.0 Å². The van der Waals surface area contributed by atoms with E-state index < -0.39 is 10.0 Å². The number of rotatable bonds is 5. The van der Waals surface area contributed by atoms with Crippen LogP contribution in [0.1, 0.15) is 11.1 Å². The monoisotopic (exact) mass is 447 g/mol. The molecule has 0 saturated heterocycles. The van der Waals surface area contributed by atoms with Crippen LogP contribution in [0.15, 0.2) is 62.7 Å². The minimum Gasteiger partial charge on any atom is -0.265 e. The number of benzene rings is 2. The van der Waals surface area contributed by atoms with Crippen molar-refractivity contribution in [2.45, 2.75) is 18.4 Å². The van der Waals surface area contributed by atoms with E-state index in [4.69, 9.17) is 0 Å². The summed E-state index contributed by atoms with van der Waals surface area (Å²) in [6.45, 7) is 2.54. The maximum absolute atomic E-state index is 12.8. The summed E-state index contributed by atoms with van der Waals surface area (Å²) in [4.78, 5) is -0.0266. The Morgan fingerprint density at radius 1 is 1.15 bits per heavy atom. The molecule has 138 valence electrons. The van der Waals surface area contributed by atoms with Gasteiger partial charge in [-0.05, 0) is 50.9 Å². The summed E-state index contributed by atoms with van der Waals surface area (Å²) in [7, 11) is -3.92. The number of hydrogen-bond donors (Lipinski definition) is 1. The lowest BCUT2D eigenvalue weighted by molar-refractivity contribution is 0.315. The minimum atomic E-state index is -3.92. The second kappa shape index (κ2) is 6.78. The molecule has 10 heteroatoms. The number of nitrogens with one attached hydrogen (secondary N) is 1. The van der Waals surface area contributed by atoms with Gasteiger partial charge >= 0.3 is 0 Å². The Balaban J connectivity index is 1.61. The zero-order valence-electron chi connectivity index (χ0n) is 14.1. The Hall–Kier alpha value is -2.72. The van der Waals surface area contributed by atoms with Crippen LogP contribution in [0, 0.1) is 6.92 Å². The maximum Gasteiger partial charge on any atom is 0.265 e. The number of aromatic nitrogens is 4. The van der Waals surface area contributed by atoms with Gasteiger partial charge in [-0.15, -0.1) is 0 Å². The van der Waals surface area contributed by atoms with Crippen molar-refractivity contribution in [3.8, 4) is 0 Å². The molecule has 2 aromatic heterocycles. The van der Waals surface area contributed by atoms with Crippen molar-refractivity contribution in [1.82, 2.24) is 20.1 Å². The van der Waals surface area contributed by atoms with Crippen LogP contribution in [0.3, 0.4) is 0 Å². The molecule has 0 aliphatic heterocycles. The number of fused-ring (bicyclic) bond motifs is 1. The predicted octanol–water partition coefficient (Wildman–Crippen LogP) is 3.34. The SMILES string of the molecule is Cc1ccc(Cn2cc(Br)c(NS(=O)(=O)c3cccc4nonc34)n2)cc1. The zero-order valence-corrected chi connectivity index (χ0v) is 16.5. The third-order valence-corrected chi connectivity index (χ3v) is 5.90. The zero-order chi connectivity index (χ0) is 19.0. The van der Waals surface area contributed by atoms with Crippen molar-refractivity contribution >= 4 is 42.8 Å². The smallest absolute Gasteiger partial charge is 0.265 e. The summed E-state index contributed by atoms with van der Waals surface area (Å²) >= 11 is 3.35. The van der Waals surface area contributed by atoms with Gasteiger partial charge in [-0.2, -0.15) is 5.10 Å². The van der Waals surface area contributed by atoms with Crippen LogP contribution in [0.4, 0.5) is 5.82 Å². The normalized spacial score (nSPS) is 11.8. The predicted molar refractivity (Wildman–Crippen MR) is 103 cm³/mol. The molecular formula is C17H14BrN5O3S. The van der Waals surface area contributed by atoms with E-state index in [2.05, 4.69) is 40.7 Å². The molecule has 0 aliphatic rings. The highest BCUT2D eigenvalue weighted by Crippen LogP contribution is 2.26. The molecule has 8 nitrogen and oxygen atoms in total. The molecule has 0 aliphatic carbocycles. The fraction of sp³-hybridized carbons (Fsp3) is 0.118. The number of aryl methyl sites for hydroxylation is 1. The lowest BCUT2D eigenvalue weighted by Gasteiger charge is -2.06. The second-order valence-electron chi connectivity index (χ2n) is 6.00. The van der Waals surface area contributed by atoms with Crippen LogP contribution in [0.5, 0.6) is 0 Å². The first-order valence-corrected chi connectivity index (χ1v) is 10.2. The molecule has 4 rings (SSSR count). The number of sulfonamides is 1. The molecule has 2 heterocycles. The molecule has 1 N–H and O–H groups in total. The van der Waals surface area contributed by atoms with E-state index in [0.717, 1.165) is 5.56 Å². The maximum atomic E-state index is 12.8. The standard InChI is InChI=1S/C17H14BrN5O3S/c1-11-5-7-12(8-6-11)9-23-10-13(18)17(19-23)22-27(24,25)15-4-2-3-14-16(15)21-26-20-14/h2-8,10H,9H2,1H3,(H,19,22). The first-order valence-electron chi connectivity index (χ1n) is 7.95. The van der Waals surface area contributed by atoms with E-state index in [1.807, 2.05) is 31.2 Å². The molecule has 0 radical (unpaired) electrons. The topological polar surface area (TPSA) is 103 Å². The highest BCUT2D eigenvalue weighted by atomic mass is 79.9. The minimum absolute atomic E-state index is 0.0266. The van der Waals surface area contributed by atoms with Gasteiger partial charge < -0.3 is 0 Å². The summed E-state index contributed by atoms with van der Waals surface area (Å²) in [6.07, 6.45) is 1.72. The number of halogens is 1. The second-order valence-corrected chi connectivity index (χ2v) is 8.51. The van der Waals surface area contributed by atoms with E-state index in [9.17, 15) is 8.42 Å². The summed E-state index contributed by atoms with van der Waals surface area (Å²) in [5.74, 6) is 0.190. The number of nitrogens with zero attached hydrogens (tertiary/aromatic N) is 4. The van der Waals surface area contributed by atoms with Gasteiger partial charge in [0, 0.05) is 6.20 Å².